The van der Waals surface area contributed by atoms with Gasteiger partial charge in [0.15, 0.2) is 0 Å². The Bertz CT molecular complexity index is 1830. The van der Waals surface area contributed by atoms with Gasteiger partial charge in [-0.1, -0.05) is 96.1 Å². The monoisotopic (exact) mass is 614 g/mol. The van der Waals surface area contributed by atoms with Gasteiger partial charge in [0.2, 0.25) is 20.0 Å². The van der Waals surface area contributed by atoms with Crippen molar-refractivity contribution in [2.75, 3.05) is 6.54 Å². The van der Waals surface area contributed by atoms with Gasteiger partial charge < -0.3 is 0 Å². The Kier molecular flexibility index (Phi) is 7.85. The fourth-order valence-electron chi connectivity index (χ4n) is 6.42. The van der Waals surface area contributed by atoms with Gasteiger partial charge in [-0.15, -0.1) is 0 Å². The molecule has 43 heavy (non-hydrogen) atoms. The average molecular weight is 615 g/mol. The van der Waals surface area contributed by atoms with Crippen LogP contribution in [0.4, 0.5) is 0 Å². The summed E-state index contributed by atoms with van der Waals surface area (Å²) < 4.78 is 60.2. The van der Waals surface area contributed by atoms with E-state index in [-0.39, 0.29) is 35.0 Å². The molecule has 0 amide bonds. The lowest BCUT2D eigenvalue weighted by Crippen LogP contribution is -2.60. The molecule has 0 N–H and O–H groups in total. The highest BCUT2D eigenvalue weighted by molar-refractivity contribution is 7.89. The van der Waals surface area contributed by atoms with E-state index >= 15 is 0 Å². The van der Waals surface area contributed by atoms with Crippen molar-refractivity contribution in [3.05, 3.63) is 131 Å². The summed E-state index contributed by atoms with van der Waals surface area (Å²) in [6.45, 7) is 3.68. The van der Waals surface area contributed by atoms with E-state index < -0.39 is 44.1 Å². The van der Waals surface area contributed by atoms with E-state index in [2.05, 4.69) is 0 Å². The highest BCUT2D eigenvalue weighted by Crippen LogP contribution is 2.48. The first-order valence-electron chi connectivity index (χ1n) is 14.4. The van der Waals surface area contributed by atoms with Crippen molar-refractivity contribution in [3.63, 3.8) is 0 Å². The van der Waals surface area contributed by atoms with Gasteiger partial charge >= 0.3 is 0 Å². The molecule has 7 nitrogen and oxygen atoms in total. The van der Waals surface area contributed by atoms with E-state index in [1.165, 1.54) is 8.61 Å². The van der Waals surface area contributed by atoms with Gasteiger partial charge in [-0.05, 0) is 55.7 Å². The van der Waals surface area contributed by atoms with Gasteiger partial charge in [0.25, 0.3) is 0 Å². The van der Waals surface area contributed by atoms with Gasteiger partial charge in [-0.3, -0.25) is 4.79 Å². The van der Waals surface area contributed by atoms with Crippen LogP contribution in [0.1, 0.15) is 47.2 Å². The van der Waals surface area contributed by atoms with E-state index in [1.807, 2.05) is 74.5 Å². The second kappa shape index (κ2) is 11.5. The number of carbonyl (C=O) groups excluding carboxylic acids is 1. The molecule has 6 rings (SSSR count). The minimum atomic E-state index is -4.07. The van der Waals surface area contributed by atoms with Crippen LogP contribution in [0.5, 0.6) is 0 Å². The number of carbonyl (C=O) groups is 1. The fraction of sp³-hybridized carbons (Fsp3) is 0.265. The Hall–Kier alpha value is -3.63. The molecule has 0 spiro atoms. The first-order valence-corrected chi connectivity index (χ1v) is 17.3. The Morgan fingerprint density at radius 1 is 0.605 bits per heavy atom. The first-order chi connectivity index (χ1) is 20.6. The van der Waals surface area contributed by atoms with Gasteiger partial charge in [0.05, 0.1) is 21.9 Å². The summed E-state index contributed by atoms with van der Waals surface area (Å²) in [6, 6.07) is 29.8. The molecule has 4 aromatic rings. The van der Waals surface area contributed by atoms with Crippen LogP contribution in [0.3, 0.4) is 0 Å². The van der Waals surface area contributed by atoms with Crippen molar-refractivity contribution in [1.82, 2.24) is 8.61 Å². The van der Waals surface area contributed by atoms with E-state index in [0.29, 0.717) is 0 Å². The lowest BCUT2D eigenvalue weighted by Gasteiger charge is -2.51. The number of ketones is 1. The molecule has 0 radical (unpaired) electrons. The predicted molar refractivity (Wildman–Crippen MR) is 165 cm³/mol. The Balaban J connectivity index is 1.50. The number of hydrogen-bond acceptors (Lipinski definition) is 5. The highest BCUT2D eigenvalue weighted by Gasteiger charge is 2.54. The van der Waals surface area contributed by atoms with Gasteiger partial charge in [0.1, 0.15) is 5.78 Å². The molecule has 9 heteroatoms. The molecule has 0 bridgehead atoms. The van der Waals surface area contributed by atoms with Crippen molar-refractivity contribution in [3.8, 4) is 0 Å². The molecule has 4 atom stereocenters. The van der Waals surface area contributed by atoms with E-state index in [1.54, 1.807) is 48.5 Å². The molecule has 2 fully saturated rings. The summed E-state index contributed by atoms with van der Waals surface area (Å²) >= 11 is 0. The zero-order chi connectivity index (χ0) is 30.4. The number of aryl methyl sites for hydroxylation is 2. The SMILES string of the molecule is Cc1ccc(S(=O)(=O)N2C[C@H]3C(=O)CC(c4ccccc4)N(S(=O)(=O)c4ccc(C)cc4)[C@@H]3CC2c2ccccc2)cc1. The Labute approximate surface area is 253 Å². The van der Waals surface area contributed by atoms with Crippen LogP contribution >= 0.6 is 0 Å². The van der Waals surface area contributed by atoms with E-state index in [9.17, 15) is 21.6 Å². The first kappa shape index (κ1) is 29.4. The minimum Gasteiger partial charge on any atom is -0.299 e. The summed E-state index contributed by atoms with van der Waals surface area (Å²) in [5.41, 5.74) is 3.35. The summed E-state index contributed by atoms with van der Waals surface area (Å²) in [7, 11) is -8.08. The van der Waals surface area contributed by atoms with Crippen LogP contribution in [-0.4, -0.2) is 43.8 Å². The predicted octanol–water partition coefficient (Wildman–Crippen LogP) is 5.83. The smallest absolute Gasteiger partial charge is 0.243 e. The third kappa shape index (κ3) is 5.47. The largest absolute Gasteiger partial charge is 0.299 e. The number of fused-ring (bicyclic) bond motifs is 1. The van der Waals surface area contributed by atoms with E-state index in [0.717, 1.165) is 22.3 Å². The molecule has 2 aliphatic rings. The molecule has 0 aromatic heterocycles. The van der Waals surface area contributed by atoms with Gasteiger partial charge in [-0.2, -0.15) is 8.61 Å². The van der Waals surface area contributed by atoms with Crippen LogP contribution in [0.15, 0.2) is 119 Å². The molecule has 0 saturated carbocycles. The van der Waals surface area contributed by atoms with Crippen molar-refractivity contribution < 1.29 is 21.6 Å². The van der Waals surface area contributed by atoms with Gasteiger partial charge in [-0.25, -0.2) is 16.8 Å². The van der Waals surface area contributed by atoms with Crippen molar-refractivity contribution in [2.45, 2.75) is 54.6 Å². The topological polar surface area (TPSA) is 91.8 Å². The van der Waals surface area contributed by atoms with Crippen molar-refractivity contribution in [2.24, 2.45) is 5.92 Å². The Morgan fingerprint density at radius 2 is 1.07 bits per heavy atom. The number of hydrogen-bond donors (Lipinski definition) is 0. The van der Waals surface area contributed by atoms with Crippen molar-refractivity contribution >= 4 is 25.8 Å². The number of Topliss-reactive ketones (excluding diaryl/α,β-unsaturated/α-hetero) is 1. The summed E-state index contributed by atoms with van der Waals surface area (Å²) in [4.78, 5) is 14.2. The third-order valence-corrected chi connectivity index (χ3v) is 12.5. The van der Waals surface area contributed by atoms with Crippen LogP contribution in [0, 0.1) is 19.8 Å². The zero-order valence-corrected chi connectivity index (χ0v) is 25.7. The van der Waals surface area contributed by atoms with Gasteiger partial charge in [0, 0.05) is 24.9 Å². The van der Waals surface area contributed by atoms with Crippen LogP contribution in [-0.2, 0) is 24.8 Å². The normalized spacial score (nSPS) is 23.5. The number of piperidine rings is 2. The summed E-state index contributed by atoms with van der Waals surface area (Å²) in [5.74, 6) is -0.954. The minimum absolute atomic E-state index is 0.0370. The molecule has 4 aromatic carbocycles. The molecule has 0 aliphatic carbocycles. The molecular formula is C34H34N2O5S2. The second-order valence-electron chi connectivity index (χ2n) is 11.5. The molecular weight excluding hydrogens is 581 g/mol. The molecule has 2 saturated heterocycles. The Morgan fingerprint density at radius 3 is 1.58 bits per heavy atom. The molecule has 2 unspecified atom stereocenters. The lowest BCUT2D eigenvalue weighted by atomic mass is 9.77. The fourth-order valence-corrected chi connectivity index (χ4v) is 9.92. The molecule has 222 valence electrons. The maximum atomic E-state index is 14.5. The highest BCUT2D eigenvalue weighted by atomic mass is 32.2. The maximum Gasteiger partial charge on any atom is 0.243 e. The summed E-state index contributed by atoms with van der Waals surface area (Å²) in [5, 5.41) is 0. The van der Waals surface area contributed by atoms with E-state index in [4.69, 9.17) is 0 Å². The van der Waals surface area contributed by atoms with Crippen LogP contribution in [0.2, 0.25) is 0 Å². The standard InChI is InChI=1S/C34H34N2O5S2/c1-24-13-17-28(18-14-24)42(38,39)35-23-30-33(21-31(35)26-9-5-3-6-10-26)36(43(40,41)29-19-15-25(2)16-20-29)32(22-34(30)37)27-11-7-4-8-12-27/h3-20,30-33H,21-23H2,1-2H3/t30-,31?,32?,33-/m1/s1. The average Bonchev–Trinajstić information content (AvgIpc) is 3.01. The number of sulfonamides is 2. The third-order valence-electron chi connectivity index (χ3n) is 8.69. The van der Waals surface area contributed by atoms with Crippen LogP contribution in [0.25, 0.3) is 0 Å². The number of rotatable bonds is 6. The van der Waals surface area contributed by atoms with Crippen LogP contribution < -0.4 is 0 Å². The zero-order valence-electron chi connectivity index (χ0n) is 24.1. The molecule has 2 heterocycles. The quantitative estimate of drug-likeness (QED) is 0.273. The maximum absolute atomic E-state index is 14.5. The number of benzene rings is 4. The lowest BCUT2D eigenvalue weighted by molar-refractivity contribution is -0.132. The number of nitrogens with zero attached hydrogens (tertiary/aromatic N) is 2. The molecule has 2 aliphatic heterocycles. The second-order valence-corrected chi connectivity index (χ2v) is 15.2. The van der Waals surface area contributed by atoms with Crippen molar-refractivity contribution in [1.29, 1.82) is 0 Å². The summed E-state index contributed by atoms with van der Waals surface area (Å²) in [6.07, 6.45) is 0.102.